The van der Waals surface area contributed by atoms with E-state index in [4.69, 9.17) is 0 Å². The van der Waals surface area contributed by atoms with E-state index in [1.807, 2.05) is 30.3 Å². The predicted octanol–water partition coefficient (Wildman–Crippen LogP) is 4.54. The number of nitrogens with one attached hydrogen (secondary N) is 3. The van der Waals surface area contributed by atoms with Crippen molar-refractivity contribution in [2.75, 3.05) is 31.5 Å². The molecule has 1 fully saturated rings. The van der Waals surface area contributed by atoms with Crippen LogP contribution in [0.3, 0.4) is 0 Å². The van der Waals surface area contributed by atoms with E-state index in [9.17, 15) is 9.59 Å². The summed E-state index contributed by atoms with van der Waals surface area (Å²) in [6.45, 7) is 4.00. The fraction of sp³-hybridized carbons (Fsp3) is 0.286. The molecule has 2 aromatic carbocycles. The van der Waals surface area contributed by atoms with E-state index >= 15 is 0 Å². The molecule has 0 bridgehead atoms. The van der Waals surface area contributed by atoms with E-state index in [-0.39, 0.29) is 11.7 Å². The molecule has 3 N–H and O–H groups in total. The van der Waals surface area contributed by atoms with Crippen molar-refractivity contribution in [3.63, 3.8) is 0 Å². The number of amides is 1. The van der Waals surface area contributed by atoms with Crippen molar-refractivity contribution >= 4 is 34.2 Å². The predicted molar refractivity (Wildman–Crippen MR) is 141 cm³/mol. The van der Waals surface area contributed by atoms with Crippen LogP contribution < -0.4 is 10.6 Å². The summed E-state index contributed by atoms with van der Waals surface area (Å²) in [6, 6.07) is 16.4. The Balaban J connectivity index is 1.28. The minimum Gasteiger partial charge on any atom is -0.352 e. The Hall–Kier alpha value is -4.04. The Morgan fingerprint density at radius 3 is 2.58 bits per heavy atom. The van der Waals surface area contributed by atoms with Crippen LogP contribution in [0.15, 0.2) is 67.1 Å². The van der Waals surface area contributed by atoms with Gasteiger partial charge in [-0.25, -0.2) is 9.97 Å². The van der Waals surface area contributed by atoms with Crippen LogP contribution in [-0.2, 0) is 0 Å². The molecule has 36 heavy (non-hydrogen) atoms. The molecule has 0 radical (unpaired) electrons. The highest BCUT2D eigenvalue weighted by Gasteiger charge is 2.19. The van der Waals surface area contributed by atoms with Gasteiger partial charge in [-0.1, -0.05) is 42.8 Å². The number of anilines is 2. The number of rotatable bonds is 9. The third-order valence-corrected chi connectivity index (χ3v) is 6.52. The summed E-state index contributed by atoms with van der Waals surface area (Å²) in [4.78, 5) is 40.1. The first-order chi connectivity index (χ1) is 17.7. The van der Waals surface area contributed by atoms with Gasteiger partial charge >= 0.3 is 0 Å². The molecule has 0 saturated carbocycles. The number of ketones is 1. The number of piperidine rings is 1. The topological polar surface area (TPSA) is 103 Å². The smallest absolute Gasteiger partial charge is 0.251 e. The fourth-order valence-corrected chi connectivity index (χ4v) is 4.65. The van der Waals surface area contributed by atoms with Crippen molar-refractivity contribution in [2.45, 2.75) is 25.7 Å². The third kappa shape index (κ3) is 5.44. The normalized spacial score (nSPS) is 14.0. The lowest BCUT2D eigenvalue weighted by Gasteiger charge is -2.26. The van der Waals surface area contributed by atoms with Crippen LogP contribution in [-0.4, -0.2) is 57.7 Å². The largest absolute Gasteiger partial charge is 0.352 e. The maximum atomic E-state index is 13.1. The third-order valence-electron chi connectivity index (χ3n) is 6.52. The quantitative estimate of drug-likeness (QED) is 0.239. The lowest BCUT2D eigenvalue weighted by molar-refractivity contribution is 0.0950. The molecular formula is C28H30N6O2. The summed E-state index contributed by atoms with van der Waals surface area (Å²) in [5, 5.41) is 6.91. The first-order valence-electron chi connectivity index (χ1n) is 12.5. The lowest BCUT2D eigenvalue weighted by Crippen LogP contribution is -2.33. The van der Waals surface area contributed by atoms with E-state index in [0.717, 1.165) is 26.1 Å². The number of nitrogens with zero attached hydrogens (tertiary/aromatic N) is 3. The van der Waals surface area contributed by atoms with Gasteiger partial charge in [0.1, 0.15) is 17.8 Å². The molecule has 8 heteroatoms. The van der Waals surface area contributed by atoms with Gasteiger partial charge in [0.2, 0.25) is 0 Å². The number of hydrogen-bond acceptors (Lipinski definition) is 6. The number of aromatic nitrogens is 3. The Labute approximate surface area is 210 Å². The maximum Gasteiger partial charge on any atom is 0.251 e. The van der Waals surface area contributed by atoms with Gasteiger partial charge in [0.15, 0.2) is 5.78 Å². The summed E-state index contributed by atoms with van der Waals surface area (Å²) in [5.74, 6) is 0.281. The molecule has 1 saturated heterocycles. The van der Waals surface area contributed by atoms with Gasteiger partial charge in [-0.15, -0.1) is 0 Å². The molecule has 0 unspecified atom stereocenters. The average molecular weight is 483 g/mol. The molecule has 8 nitrogen and oxygen atoms in total. The van der Waals surface area contributed by atoms with Crippen LogP contribution in [0.25, 0.3) is 11.0 Å². The monoisotopic (exact) mass is 482 g/mol. The van der Waals surface area contributed by atoms with Gasteiger partial charge < -0.3 is 20.5 Å². The van der Waals surface area contributed by atoms with E-state index in [1.54, 1.807) is 30.5 Å². The summed E-state index contributed by atoms with van der Waals surface area (Å²) < 4.78 is 0. The average Bonchev–Trinajstić information content (AvgIpc) is 3.37. The van der Waals surface area contributed by atoms with Crippen molar-refractivity contribution in [3.8, 4) is 0 Å². The minimum absolute atomic E-state index is 0.105. The van der Waals surface area contributed by atoms with Gasteiger partial charge in [-0.3, -0.25) is 9.59 Å². The molecule has 1 amide bonds. The summed E-state index contributed by atoms with van der Waals surface area (Å²) in [7, 11) is 0. The maximum absolute atomic E-state index is 13.1. The standard InChI is InChI=1S/C28H30N6O2/c35-25(20-9-3-1-4-10-20)23-18-30-26-24(23)27(32-19-31-26)33-22-12-7-11-21(17-22)28(36)29-13-8-16-34-14-5-2-6-15-34/h1,3-4,7,9-12,17-19H,2,5-6,8,13-16H2,(H,29,36)(H2,30,31,32,33). The zero-order chi connectivity index (χ0) is 24.7. The first kappa shape index (κ1) is 23.7. The van der Waals surface area contributed by atoms with Crippen LogP contribution in [0, 0.1) is 0 Å². The summed E-state index contributed by atoms with van der Waals surface area (Å²) in [5.41, 5.74) is 2.91. The van der Waals surface area contributed by atoms with Crippen LogP contribution in [0.1, 0.15) is 52.0 Å². The number of H-pyrrole nitrogens is 1. The molecule has 5 rings (SSSR count). The van der Waals surface area contributed by atoms with E-state index in [2.05, 4.69) is 30.5 Å². The molecule has 1 aliphatic heterocycles. The highest BCUT2D eigenvalue weighted by Crippen LogP contribution is 2.28. The second-order valence-electron chi connectivity index (χ2n) is 9.06. The highest BCUT2D eigenvalue weighted by molar-refractivity contribution is 6.18. The molecule has 0 atom stereocenters. The zero-order valence-corrected chi connectivity index (χ0v) is 20.2. The van der Waals surface area contributed by atoms with Crippen molar-refractivity contribution in [3.05, 3.63) is 83.8 Å². The fourth-order valence-electron chi connectivity index (χ4n) is 4.65. The second kappa shape index (κ2) is 11.1. The first-order valence-corrected chi connectivity index (χ1v) is 12.5. The van der Waals surface area contributed by atoms with Crippen molar-refractivity contribution < 1.29 is 9.59 Å². The Morgan fingerprint density at radius 2 is 1.75 bits per heavy atom. The van der Waals surface area contributed by atoms with Crippen molar-refractivity contribution in [1.29, 1.82) is 0 Å². The minimum atomic E-state index is -0.114. The number of hydrogen-bond donors (Lipinski definition) is 3. The van der Waals surface area contributed by atoms with Crippen LogP contribution in [0.4, 0.5) is 11.5 Å². The highest BCUT2D eigenvalue weighted by atomic mass is 16.1. The van der Waals surface area contributed by atoms with Crippen molar-refractivity contribution in [2.24, 2.45) is 0 Å². The van der Waals surface area contributed by atoms with Gasteiger partial charge in [0.25, 0.3) is 5.91 Å². The summed E-state index contributed by atoms with van der Waals surface area (Å²) in [6.07, 6.45) is 7.91. The van der Waals surface area contributed by atoms with E-state index in [1.165, 1.54) is 25.6 Å². The van der Waals surface area contributed by atoms with Gasteiger partial charge in [-0.2, -0.15) is 0 Å². The Kier molecular flexibility index (Phi) is 7.33. The lowest BCUT2D eigenvalue weighted by atomic mass is 10.0. The molecule has 4 aromatic rings. The molecule has 184 valence electrons. The van der Waals surface area contributed by atoms with Crippen LogP contribution in [0.2, 0.25) is 0 Å². The zero-order valence-electron chi connectivity index (χ0n) is 20.2. The molecular weight excluding hydrogens is 452 g/mol. The Bertz CT molecular complexity index is 1340. The number of carbonyl (C=O) groups is 2. The number of carbonyl (C=O) groups excluding carboxylic acids is 2. The summed E-state index contributed by atoms with van der Waals surface area (Å²) >= 11 is 0. The SMILES string of the molecule is O=C(NCCCN1CCCCC1)c1cccc(Nc2ncnc3[nH]cc(C(=O)c4ccccc4)c23)c1. The number of aromatic amines is 1. The van der Waals surface area contributed by atoms with Gasteiger partial charge in [0, 0.05) is 29.6 Å². The number of benzene rings is 2. The number of fused-ring (bicyclic) bond motifs is 1. The van der Waals surface area contributed by atoms with E-state index < -0.39 is 0 Å². The molecule has 2 aromatic heterocycles. The van der Waals surface area contributed by atoms with Gasteiger partial charge in [-0.05, 0) is 57.1 Å². The van der Waals surface area contributed by atoms with Gasteiger partial charge in [0.05, 0.1) is 10.9 Å². The Morgan fingerprint density at radius 1 is 0.944 bits per heavy atom. The molecule has 0 spiro atoms. The molecule has 0 aliphatic carbocycles. The second-order valence-corrected chi connectivity index (χ2v) is 9.06. The molecule has 1 aliphatic rings. The van der Waals surface area contributed by atoms with E-state index in [0.29, 0.717) is 45.8 Å². The van der Waals surface area contributed by atoms with Crippen LogP contribution in [0.5, 0.6) is 0 Å². The van der Waals surface area contributed by atoms with Crippen LogP contribution >= 0.6 is 0 Å². The number of likely N-dealkylation sites (tertiary alicyclic amines) is 1. The van der Waals surface area contributed by atoms with Crippen molar-refractivity contribution in [1.82, 2.24) is 25.2 Å². The molecule has 3 heterocycles.